The van der Waals surface area contributed by atoms with Crippen LogP contribution < -0.4 is 0 Å². The van der Waals surface area contributed by atoms with E-state index in [1.807, 2.05) is 6.92 Å². The van der Waals surface area contributed by atoms with Gasteiger partial charge in [0.15, 0.2) is 5.03 Å². The first-order valence-electron chi connectivity index (χ1n) is 4.71. The molecular formula is C7H15N3O5. The lowest BCUT2D eigenvalue weighted by atomic mass is 10.2. The van der Waals surface area contributed by atoms with Crippen LogP contribution in [0.2, 0.25) is 0 Å². The van der Waals surface area contributed by atoms with Crippen molar-refractivity contribution in [2.45, 2.75) is 39.3 Å². The van der Waals surface area contributed by atoms with Gasteiger partial charge < -0.3 is 0 Å². The zero-order valence-electron chi connectivity index (χ0n) is 8.79. The molecule has 0 aromatic carbocycles. The summed E-state index contributed by atoms with van der Waals surface area (Å²) in [4.78, 5) is 24.7. The van der Waals surface area contributed by atoms with Gasteiger partial charge in [0, 0.05) is 0 Å². The van der Waals surface area contributed by atoms with Crippen LogP contribution in [-0.4, -0.2) is 27.9 Å². The van der Waals surface area contributed by atoms with E-state index in [4.69, 9.17) is 0 Å². The molecule has 0 aliphatic carbocycles. The second kappa shape index (κ2) is 6.80. The van der Waals surface area contributed by atoms with Gasteiger partial charge in [0.05, 0.1) is 6.54 Å². The second-order valence-corrected chi connectivity index (χ2v) is 3.04. The third-order valence-electron chi connectivity index (χ3n) is 1.86. The summed E-state index contributed by atoms with van der Waals surface area (Å²) >= 11 is 0. The Morgan fingerprint density at radius 2 is 1.93 bits per heavy atom. The van der Waals surface area contributed by atoms with Crippen molar-refractivity contribution in [1.82, 2.24) is 5.01 Å². The summed E-state index contributed by atoms with van der Waals surface area (Å²) in [6.45, 7) is 3.39. The van der Waals surface area contributed by atoms with Crippen LogP contribution in [0.25, 0.3) is 0 Å². The van der Waals surface area contributed by atoms with E-state index in [1.54, 1.807) is 0 Å². The summed E-state index contributed by atoms with van der Waals surface area (Å²) in [6.07, 6.45) is 1.22. The number of hydrazine groups is 1. The molecule has 88 valence electrons. The molecule has 0 amide bonds. The molecule has 15 heavy (non-hydrogen) atoms. The van der Waals surface area contributed by atoms with Gasteiger partial charge in [-0.3, -0.25) is 4.84 Å². The van der Waals surface area contributed by atoms with E-state index in [1.165, 1.54) is 6.92 Å². The van der Waals surface area contributed by atoms with E-state index < -0.39 is 16.3 Å². The van der Waals surface area contributed by atoms with Gasteiger partial charge in [-0.2, -0.15) is 0 Å². The quantitative estimate of drug-likeness (QED) is 0.264. The zero-order chi connectivity index (χ0) is 11.8. The zero-order valence-corrected chi connectivity index (χ0v) is 8.79. The molecule has 8 heteroatoms. The molecule has 0 aromatic heterocycles. The van der Waals surface area contributed by atoms with Crippen molar-refractivity contribution in [3.8, 4) is 0 Å². The van der Waals surface area contributed by atoms with Gasteiger partial charge in [0.1, 0.15) is 0 Å². The van der Waals surface area contributed by atoms with Gasteiger partial charge in [0.2, 0.25) is 6.23 Å². The summed E-state index contributed by atoms with van der Waals surface area (Å²) in [7, 11) is 0. The van der Waals surface area contributed by atoms with Crippen LogP contribution in [0.15, 0.2) is 0 Å². The van der Waals surface area contributed by atoms with Crippen LogP contribution in [-0.2, 0) is 4.84 Å². The lowest BCUT2D eigenvalue weighted by Crippen LogP contribution is -2.41. The third-order valence-corrected chi connectivity index (χ3v) is 1.86. The first kappa shape index (κ1) is 13.4. The molecule has 0 radical (unpaired) electrons. The van der Waals surface area contributed by atoms with Crippen LogP contribution in [0, 0.1) is 20.2 Å². The Balaban J connectivity index is 4.13. The maximum absolute atomic E-state index is 10.5. The van der Waals surface area contributed by atoms with E-state index in [-0.39, 0.29) is 6.54 Å². The Labute approximate surface area is 87.0 Å². The first-order valence-corrected chi connectivity index (χ1v) is 4.71. The molecule has 1 atom stereocenters. The van der Waals surface area contributed by atoms with Gasteiger partial charge in [-0.05, 0) is 13.3 Å². The molecule has 0 bridgehead atoms. The van der Waals surface area contributed by atoms with Crippen LogP contribution in [0.4, 0.5) is 0 Å². The van der Waals surface area contributed by atoms with Gasteiger partial charge in [0.25, 0.3) is 5.09 Å². The number of rotatable bonds is 8. The minimum atomic E-state index is -1.16. The maximum atomic E-state index is 10.5. The lowest BCUT2D eigenvalue weighted by Gasteiger charge is -2.18. The summed E-state index contributed by atoms with van der Waals surface area (Å²) in [5.74, 6) is 0. The van der Waals surface area contributed by atoms with E-state index in [2.05, 4.69) is 4.84 Å². The Morgan fingerprint density at radius 1 is 1.33 bits per heavy atom. The van der Waals surface area contributed by atoms with Crippen LogP contribution in [0.3, 0.4) is 0 Å². The normalized spacial score (nSPS) is 11.9. The van der Waals surface area contributed by atoms with Gasteiger partial charge in [-0.15, -0.1) is 10.1 Å². The van der Waals surface area contributed by atoms with E-state index in [0.717, 1.165) is 17.9 Å². The molecule has 0 rings (SSSR count). The topological polar surface area (TPSA) is 98.8 Å². The van der Waals surface area contributed by atoms with Gasteiger partial charge in [-0.25, -0.2) is 10.1 Å². The van der Waals surface area contributed by atoms with Gasteiger partial charge in [-0.1, -0.05) is 24.8 Å². The molecule has 0 saturated carbocycles. The van der Waals surface area contributed by atoms with Crippen molar-refractivity contribution < 1.29 is 15.0 Å². The van der Waals surface area contributed by atoms with Crippen LogP contribution in [0.1, 0.15) is 33.1 Å². The fraction of sp³-hybridized carbons (Fsp3) is 1.00. The fourth-order valence-electron chi connectivity index (χ4n) is 1.10. The molecule has 0 aliphatic heterocycles. The minimum Gasteiger partial charge on any atom is -0.283 e. The average molecular weight is 221 g/mol. The van der Waals surface area contributed by atoms with Crippen LogP contribution in [0.5, 0.6) is 0 Å². The number of unbranched alkanes of at least 4 members (excludes halogenated alkanes) is 2. The van der Waals surface area contributed by atoms with Crippen molar-refractivity contribution in [2.24, 2.45) is 0 Å². The van der Waals surface area contributed by atoms with Crippen molar-refractivity contribution in [1.29, 1.82) is 0 Å². The highest BCUT2D eigenvalue weighted by molar-refractivity contribution is 4.47. The number of hydrogen-bond acceptors (Lipinski definition) is 5. The van der Waals surface area contributed by atoms with Gasteiger partial charge >= 0.3 is 0 Å². The van der Waals surface area contributed by atoms with Crippen molar-refractivity contribution in [3.63, 3.8) is 0 Å². The molecule has 0 fully saturated rings. The average Bonchev–Trinajstić information content (AvgIpc) is 2.10. The highest BCUT2D eigenvalue weighted by Gasteiger charge is 2.24. The molecule has 0 saturated heterocycles. The number of nitrogens with zero attached hydrogens (tertiary/aromatic N) is 3. The summed E-state index contributed by atoms with van der Waals surface area (Å²) in [5, 5.41) is 19.6. The van der Waals surface area contributed by atoms with Crippen molar-refractivity contribution >= 4 is 0 Å². The van der Waals surface area contributed by atoms with E-state index in [0.29, 0.717) is 6.42 Å². The monoisotopic (exact) mass is 221 g/mol. The fourth-order valence-corrected chi connectivity index (χ4v) is 1.10. The Hall–Kier alpha value is -1.60. The second-order valence-electron chi connectivity index (χ2n) is 3.04. The molecular weight excluding hydrogens is 206 g/mol. The van der Waals surface area contributed by atoms with E-state index in [9.17, 15) is 20.2 Å². The van der Waals surface area contributed by atoms with Crippen LogP contribution >= 0.6 is 0 Å². The number of hydrogen-bond donors (Lipinski definition) is 0. The standard InChI is InChI=1S/C7H15N3O5/c1-3-4-5-6-8(9(11)12)7(2)15-10(13)14/h7H,3-6H2,1-2H3. The summed E-state index contributed by atoms with van der Waals surface area (Å²) in [5.41, 5.74) is 0. The Morgan fingerprint density at radius 3 is 2.33 bits per heavy atom. The largest absolute Gasteiger partial charge is 0.296 e. The smallest absolute Gasteiger partial charge is 0.283 e. The molecule has 0 N–H and O–H groups in total. The molecule has 1 unspecified atom stereocenters. The predicted octanol–water partition coefficient (Wildman–Crippen LogP) is 1.22. The molecule has 0 spiro atoms. The highest BCUT2D eigenvalue weighted by Crippen LogP contribution is 2.05. The SMILES string of the molecule is CCCCCN(C(C)O[N+](=O)[O-])[N+](=O)[O-]. The summed E-state index contributed by atoms with van der Waals surface area (Å²) in [6, 6.07) is 0. The summed E-state index contributed by atoms with van der Waals surface area (Å²) < 4.78 is 0. The van der Waals surface area contributed by atoms with Crippen molar-refractivity contribution in [2.75, 3.05) is 6.54 Å². The molecule has 8 nitrogen and oxygen atoms in total. The predicted molar refractivity (Wildman–Crippen MR) is 50.8 cm³/mol. The Kier molecular flexibility index (Phi) is 6.07. The van der Waals surface area contributed by atoms with E-state index >= 15 is 0 Å². The molecule has 0 aliphatic rings. The molecule has 0 aromatic rings. The van der Waals surface area contributed by atoms with Crippen molar-refractivity contribution in [3.05, 3.63) is 20.2 Å². The Bertz CT molecular complexity index is 223. The first-order chi connectivity index (χ1) is 6.99. The minimum absolute atomic E-state index is 0.149. The number of nitro groups is 1. The lowest BCUT2D eigenvalue weighted by molar-refractivity contribution is -0.803. The highest BCUT2D eigenvalue weighted by atomic mass is 17.0. The third kappa shape index (κ3) is 5.66. The maximum Gasteiger partial charge on any atom is 0.296 e. The molecule has 0 heterocycles.